The molecule has 1 aromatic carbocycles. The van der Waals surface area contributed by atoms with Crippen LogP contribution in [0.15, 0.2) is 66.0 Å². The molecule has 0 aliphatic carbocycles. The maximum Gasteiger partial charge on any atom is 0.275 e. The van der Waals surface area contributed by atoms with Crippen molar-refractivity contribution in [1.82, 2.24) is 19.5 Å². The molecule has 23 heavy (non-hydrogen) atoms. The number of aromatic nitrogens is 4. The van der Waals surface area contributed by atoms with E-state index in [4.69, 9.17) is 0 Å². The zero-order valence-corrected chi connectivity index (χ0v) is 12.5. The maximum atomic E-state index is 12.3. The van der Waals surface area contributed by atoms with Gasteiger partial charge in [0, 0.05) is 34.9 Å². The molecule has 0 spiro atoms. The first-order valence-corrected chi connectivity index (χ1v) is 7.31. The number of aryl methyl sites for hydroxylation is 1. The average Bonchev–Trinajstić information content (AvgIpc) is 2.97. The molecule has 5 heteroatoms. The standard InChI is InChI=1S/C18H14N4O/c1-12-7-8-13(9-19-12)15-10-22(14-5-3-2-4-6-14)17-16(15)20-11-21-18(17)23/h2-11H,1H3,(H,20,21,23). The number of aromatic amines is 1. The molecule has 112 valence electrons. The van der Waals surface area contributed by atoms with Crippen LogP contribution in [0.5, 0.6) is 0 Å². The molecule has 0 bridgehead atoms. The summed E-state index contributed by atoms with van der Waals surface area (Å²) in [6.45, 7) is 1.94. The lowest BCUT2D eigenvalue weighted by Gasteiger charge is -2.03. The molecule has 0 aliphatic rings. The highest BCUT2D eigenvalue weighted by molar-refractivity contribution is 5.93. The third kappa shape index (κ3) is 2.23. The van der Waals surface area contributed by atoms with Gasteiger partial charge in [-0.2, -0.15) is 0 Å². The van der Waals surface area contributed by atoms with Crippen molar-refractivity contribution in [3.63, 3.8) is 0 Å². The molecule has 4 rings (SSSR count). The number of para-hydroxylation sites is 1. The molecule has 0 amide bonds. The summed E-state index contributed by atoms with van der Waals surface area (Å²) in [5.41, 5.74) is 4.74. The Balaban J connectivity index is 2.05. The number of benzene rings is 1. The van der Waals surface area contributed by atoms with Gasteiger partial charge in [-0.05, 0) is 25.1 Å². The summed E-state index contributed by atoms with van der Waals surface area (Å²) in [6.07, 6.45) is 5.18. The first-order chi connectivity index (χ1) is 11.2. The monoisotopic (exact) mass is 302 g/mol. The van der Waals surface area contributed by atoms with E-state index >= 15 is 0 Å². The van der Waals surface area contributed by atoms with Crippen molar-refractivity contribution in [2.75, 3.05) is 0 Å². The summed E-state index contributed by atoms with van der Waals surface area (Å²) in [6, 6.07) is 13.7. The topological polar surface area (TPSA) is 63.6 Å². The summed E-state index contributed by atoms with van der Waals surface area (Å²) in [5, 5.41) is 0. The number of H-pyrrole nitrogens is 1. The van der Waals surface area contributed by atoms with Crippen molar-refractivity contribution in [3.8, 4) is 16.8 Å². The lowest BCUT2D eigenvalue weighted by atomic mass is 10.1. The largest absolute Gasteiger partial charge is 0.311 e. The van der Waals surface area contributed by atoms with E-state index in [2.05, 4.69) is 15.0 Å². The van der Waals surface area contributed by atoms with Crippen LogP contribution in [-0.4, -0.2) is 19.5 Å². The van der Waals surface area contributed by atoms with Gasteiger partial charge in [0.05, 0.1) is 6.33 Å². The Kier molecular flexibility index (Phi) is 3.05. The number of fused-ring (bicyclic) bond motifs is 1. The quantitative estimate of drug-likeness (QED) is 0.619. The van der Waals surface area contributed by atoms with Crippen molar-refractivity contribution in [1.29, 1.82) is 0 Å². The Labute approximate surface area is 132 Å². The highest BCUT2D eigenvalue weighted by Crippen LogP contribution is 2.29. The van der Waals surface area contributed by atoms with Gasteiger partial charge in [0.2, 0.25) is 0 Å². The van der Waals surface area contributed by atoms with Crippen LogP contribution in [-0.2, 0) is 0 Å². The third-order valence-corrected chi connectivity index (χ3v) is 3.84. The molecular weight excluding hydrogens is 288 g/mol. The smallest absolute Gasteiger partial charge is 0.275 e. The SMILES string of the molecule is Cc1ccc(-c2cn(-c3ccccc3)c3c(=O)[nH]cnc23)cn1. The number of hydrogen-bond donors (Lipinski definition) is 1. The van der Waals surface area contributed by atoms with Crippen molar-refractivity contribution >= 4 is 11.0 Å². The Bertz CT molecular complexity index is 1030. The lowest BCUT2D eigenvalue weighted by molar-refractivity contribution is 1.08. The maximum absolute atomic E-state index is 12.3. The first-order valence-electron chi connectivity index (χ1n) is 7.31. The summed E-state index contributed by atoms with van der Waals surface area (Å²) in [7, 11) is 0. The summed E-state index contributed by atoms with van der Waals surface area (Å²) >= 11 is 0. The minimum Gasteiger partial charge on any atom is -0.311 e. The molecule has 0 unspecified atom stereocenters. The van der Waals surface area contributed by atoms with Crippen molar-refractivity contribution in [3.05, 3.63) is 77.2 Å². The van der Waals surface area contributed by atoms with E-state index < -0.39 is 0 Å². The fraction of sp³-hybridized carbons (Fsp3) is 0.0556. The number of nitrogens with one attached hydrogen (secondary N) is 1. The zero-order valence-electron chi connectivity index (χ0n) is 12.5. The fourth-order valence-electron chi connectivity index (χ4n) is 2.70. The molecule has 3 aromatic heterocycles. The van der Waals surface area contributed by atoms with Gasteiger partial charge in [-0.3, -0.25) is 9.78 Å². The van der Waals surface area contributed by atoms with Crippen molar-refractivity contribution in [2.45, 2.75) is 6.92 Å². The van der Waals surface area contributed by atoms with Crippen LogP contribution in [0.1, 0.15) is 5.69 Å². The number of hydrogen-bond acceptors (Lipinski definition) is 3. The van der Waals surface area contributed by atoms with Gasteiger partial charge in [-0.15, -0.1) is 0 Å². The number of pyridine rings is 1. The van der Waals surface area contributed by atoms with Gasteiger partial charge in [0.25, 0.3) is 5.56 Å². The van der Waals surface area contributed by atoms with Crippen LogP contribution >= 0.6 is 0 Å². The van der Waals surface area contributed by atoms with Crippen LogP contribution in [0.4, 0.5) is 0 Å². The van der Waals surface area contributed by atoms with Gasteiger partial charge < -0.3 is 9.55 Å². The van der Waals surface area contributed by atoms with Crippen molar-refractivity contribution in [2.24, 2.45) is 0 Å². The molecule has 0 saturated carbocycles. The van der Waals surface area contributed by atoms with Gasteiger partial charge in [-0.1, -0.05) is 24.3 Å². The normalized spacial score (nSPS) is 11.0. The molecule has 0 saturated heterocycles. The number of nitrogens with zero attached hydrogens (tertiary/aromatic N) is 3. The molecular formula is C18H14N4O. The first kappa shape index (κ1) is 13.5. The molecule has 3 heterocycles. The van der Waals surface area contributed by atoms with Gasteiger partial charge in [-0.25, -0.2) is 4.98 Å². The second kappa shape index (κ2) is 5.21. The molecule has 0 atom stereocenters. The highest BCUT2D eigenvalue weighted by Gasteiger charge is 2.15. The molecule has 0 fully saturated rings. The Morgan fingerprint density at radius 3 is 2.61 bits per heavy atom. The third-order valence-electron chi connectivity index (χ3n) is 3.84. The van der Waals surface area contributed by atoms with E-state index in [1.54, 1.807) is 0 Å². The van der Waals surface area contributed by atoms with E-state index in [9.17, 15) is 4.79 Å². The Morgan fingerprint density at radius 2 is 1.87 bits per heavy atom. The second-order valence-electron chi connectivity index (χ2n) is 5.37. The molecule has 5 nitrogen and oxygen atoms in total. The van der Waals surface area contributed by atoms with Gasteiger partial charge in [0.15, 0.2) is 0 Å². The molecule has 0 radical (unpaired) electrons. The Hall–Kier alpha value is -3.21. The van der Waals surface area contributed by atoms with E-state index in [-0.39, 0.29) is 5.56 Å². The van der Waals surface area contributed by atoms with Crippen LogP contribution in [0.2, 0.25) is 0 Å². The summed E-state index contributed by atoms with van der Waals surface area (Å²) in [5.74, 6) is 0. The van der Waals surface area contributed by atoms with Gasteiger partial charge >= 0.3 is 0 Å². The van der Waals surface area contributed by atoms with Crippen LogP contribution in [0.25, 0.3) is 27.8 Å². The van der Waals surface area contributed by atoms with Crippen LogP contribution in [0.3, 0.4) is 0 Å². The minimum atomic E-state index is -0.162. The Morgan fingerprint density at radius 1 is 1.04 bits per heavy atom. The fourth-order valence-corrected chi connectivity index (χ4v) is 2.70. The van der Waals surface area contributed by atoms with Crippen LogP contribution < -0.4 is 5.56 Å². The van der Waals surface area contributed by atoms with E-state index in [1.165, 1.54) is 6.33 Å². The van der Waals surface area contributed by atoms with E-state index in [0.717, 1.165) is 22.5 Å². The van der Waals surface area contributed by atoms with E-state index in [0.29, 0.717) is 11.0 Å². The molecule has 1 N–H and O–H groups in total. The number of rotatable bonds is 2. The van der Waals surface area contributed by atoms with Crippen molar-refractivity contribution < 1.29 is 0 Å². The average molecular weight is 302 g/mol. The zero-order chi connectivity index (χ0) is 15.8. The van der Waals surface area contributed by atoms with Gasteiger partial charge in [0.1, 0.15) is 11.0 Å². The highest BCUT2D eigenvalue weighted by atomic mass is 16.1. The molecule has 4 aromatic rings. The lowest BCUT2D eigenvalue weighted by Crippen LogP contribution is -2.09. The summed E-state index contributed by atoms with van der Waals surface area (Å²) in [4.78, 5) is 23.7. The second-order valence-corrected chi connectivity index (χ2v) is 5.37. The summed E-state index contributed by atoms with van der Waals surface area (Å²) < 4.78 is 1.87. The predicted molar refractivity (Wildman–Crippen MR) is 89.7 cm³/mol. The molecule has 0 aliphatic heterocycles. The van der Waals surface area contributed by atoms with E-state index in [1.807, 2.05) is 66.3 Å². The predicted octanol–water partition coefficient (Wildman–Crippen LogP) is 3.08. The van der Waals surface area contributed by atoms with Crippen LogP contribution in [0, 0.1) is 6.92 Å². The minimum absolute atomic E-state index is 0.162.